The first-order chi connectivity index (χ1) is 10.7. The molecule has 3 heterocycles. The third-order valence-corrected chi connectivity index (χ3v) is 4.74. The summed E-state index contributed by atoms with van der Waals surface area (Å²) >= 11 is 0. The zero-order chi connectivity index (χ0) is 15.5. The molecule has 0 aliphatic carbocycles. The zero-order valence-corrected chi connectivity index (χ0v) is 12.6. The van der Waals surface area contributed by atoms with E-state index in [1.54, 1.807) is 17.3 Å². The molecule has 6 heteroatoms. The second-order valence-corrected chi connectivity index (χ2v) is 6.06. The van der Waals surface area contributed by atoms with Crippen LogP contribution in [0.15, 0.2) is 24.5 Å². The number of primary amides is 1. The molecule has 0 aromatic carbocycles. The third-order valence-electron chi connectivity index (χ3n) is 4.74. The molecule has 118 valence electrons. The van der Waals surface area contributed by atoms with Gasteiger partial charge in [-0.1, -0.05) is 0 Å². The molecule has 1 atom stereocenters. The maximum absolute atomic E-state index is 12.6. The van der Waals surface area contributed by atoms with Crippen LogP contribution < -0.4 is 10.6 Å². The van der Waals surface area contributed by atoms with Gasteiger partial charge < -0.3 is 15.5 Å². The molecule has 1 aromatic heterocycles. The van der Waals surface area contributed by atoms with Crippen molar-refractivity contribution in [2.45, 2.75) is 31.7 Å². The number of anilines is 1. The molecule has 0 spiro atoms. The highest BCUT2D eigenvalue weighted by Gasteiger charge is 2.37. The van der Waals surface area contributed by atoms with E-state index in [0.717, 1.165) is 38.0 Å². The van der Waals surface area contributed by atoms with Crippen molar-refractivity contribution in [1.29, 1.82) is 0 Å². The predicted octanol–water partition coefficient (Wildman–Crippen LogP) is 0.774. The van der Waals surface area contributed by atoms with Crippen molar-refractivity contribution >= 4 is 17.5 Å². The van der Waals surface area contributed by atoms with E-state index in [-0.39, 0.29) is 17.7 Å². The van der Waals surface area contributed by atoms with Crippen LogP contribution in [-0.2, 0) is 9.59 Å². The van der Waals surface area contributed by atoms with Crippen molar-refractivity contribution in [3.63, 3.8) is 0 Å². The summed E-state index contributed by atoms with van der Waals surface area (Å²) in [7, 11) is 0. The van der Waals surface area contributed by atoms with Crippen LogP contribution in [0.3, 0.4) is 0 Å². The molecule has 6 nitrogen and oxygen atoms in total. The minimum atomic E-state index is -0.397. The number of carbonyl (C=O) groups excluding carboxylic acids is 2. The first kappa shape index (κ1) is 14.8. The Bertz CT molecular complexity index is 540. The van der Waals surface area contributed by atoms with Gasteiger partial charge in [0.1, 0.15) is 6.04 Å². The lowest BCUT2D eigenvalue weighted by atomic mass is 9.94. The highest BCUT2D eigenvalue weighted by atomic mass is 16.2. The van der Waals surface area contributed by atoms with E-state index in [0.29, 0.717) is 13.0 Å². The Kier molecular flexibility index (Phi) is 4.27. The minimum absolute atomic E-state index is 0.0121. The van der Waals surface area contributed by atoms with Gasteiger partial charge in [-0.15, -0.1) is 0 Å². The largest absolute Gasteiger partial charge is 0.371 e. The molecule has 1 unspecified atom stereocenters. The predicted molar refractivity (Wildman–Crippen MR) is 83.1 cm³/mol. The van der Waals surface area contributed by atoms with E-state index in [1.165, 1.54) is 0 Å². The second kappa shape index (κ2) is 6.34. The second-order valence-electron chi connectivity index (χ2n) is 6.06. The van der Waals surface area contributed by atoms with Crippen LogP contribution >= 0.6 is 0 Å². The Hall–Kier alpha value is -2.11. The van der Waals surface area contributed by atoms with Crippen molar-refractivity contribution in [3.05, 3.63) is 24.5 Å². The Labute approximate surface area is 130 Å². The number of nitrogens with zero attached hydrogens (tertiary/aromatic N) is 3. The van der Waals surface area contributed by atoms with E-state index < -0.39 is 6.04 Å². The molecule has 22 heavy (non-hydrogen) atoms. The number of likely N-dealkylation sites (tertiary alicyclic amines) is 1. The lowest BCUT2D eigenvalue weighted by molar-refractivity contribution is -0.141. The van der Waals surface area contributed by atoms with E-state index >= 15 is 0 Å². The molecular formula is C16H22N4O2. The number of rotatable bonds is 3. The van der Waals surface area contributed by atoms with Crippen LogP contribution in [0.4, 0.5) is 5.69 Å². The van der Waals surface area contributed by atoms with Crippen molar-refractivity contribution in [3.8, 4) is 0 Å². The van der Waals surface area contributed by atoms with Crippen molar-refractivity contribution in [2.24, 2.45) is 11.7 Å². The van der Waals surface area contributed by atoms with Gasteiger partial charge in [0.15, 0.2) is 0 Å². The minimum Gasteiger partial charge on any atom is -0.371 e. The lowest BCUT2D eigenvalue weighted by Gasteiger charge is -2.35. The van der Waals surface area contributed by atoms with Gasteiger partial charge in [-0.3, -0.25) is 14.6 Å². The average Bonchev–Trinajstić information content (AvgIpc) is 3.05. The molecule has 0 saturated carbocycles. The van der Waals surface area contributed by atoms with Crippen LogP contribution in [-0.4, -0.2) is 47.4 Å². The van der Waals surface area contributed by atoms with Gasteiger partial charge in [-0.25, -0.2) is 0 Å². The lowest BCUT2D eigenvalue weighted by Crippen LogP contribution is -2.48. The Morgan fingerprint density at radius 2 is 1.77 bits per heavy atom. The molecule has 2 saturated heterocycles. The van der Waals surface area contributed by atoms with Crippen molar-refractivity contribution in [2.75, 3.05) is 24.5 Å². The quantitative estimate of drug-likeness (QED) is 0.894. The van der Waals surface area contributed by atoms with Crippen LogP contribution in [0, 0.1) is 5.92 Å². The van der Waals surface area contributed by atoms with Gasteiger partial charge in [0, 0.05) is 43.6 Å². The summed E-state index contributed by atoms with van der Waals surface area (Å²) in [5.41, 5.74) is 6.56. The Morgan fingerprint density at radius 3 is 2.41 bits per heavy atom. The fourth-order valence-electron chi connectivity index (χ4n) is 3.50. The average molecular weight is 302 g/mol. The summed E-state index contributed by atoms with van der Waals surface area (Å²) in [5.74, 6) is -0.256. The molecule has 0 bridgehead atoms. The van der Waals surface area contributed by atoms with Gasteiger partial charge in [0.2, 0.25) is 11.8 Å². The van der Waals surface area contributed by atoms with Gasteiger partial charge in [-0.2, -0.15) is 0 Å². The summed E-state index contributed by atoms with van der Waals surface area (Å²) in [4.78, 5) is 32.1. The van der Waals surface area contributed by atoms with Crippen molar-refractivity contribution in [1.82, 2.24) is 9.88 Å². The van der Waals surface area contributed by atoms with Gasteiger partial charge >= 0.3 is 0 Å². The summed E-state index contributed by atoms with van der Waals surface area (Å²) in [5, 5.41) is 0. The molecule has 2 amide bonds. The Morgan fingerprint density at radius 1 is 1.09 bits per heavy atom. The van der Waals surface area contributed by atoms with Gasteiger partial charge in [-0.05, 0) is 37.8 Å². The van der Waals surface area contributed by atoms with Crippen LogP contribution in [0.25, 0.3) is 0 Å². The number of amides is 2. The summed E-state index contributed by atoms with van der Waals surface area (Å²) in [6.07, 6.45) is 6.79. The van der Waals surface area contributed by atoms with Gasteiger partial charge in [0.25, 0.3) is 0 Å². The van der Waals surface area contributed by atoms with Crippen LogP contribution in [0.2, 0.25) is 0 Å². The molecule has 2 fully saturated rings. The SMILES string of the molecule is NC(=O)C1CCCN1C(=O)C1CCN(c2ccncc2)CC1. The van der Waals surface area contributed by atoms with E-state index in [9.17, 15) is 9.59 Å². The van der Waals surface area contributed by atoms with Crippen LogP contribution in [0.5, 0.6) is 0 Å². The topological polar surface area (TPSA) is 79.5 Å². The van der Waals surface area contributed by atoms with E-state index in [4.69, 9.17) is 5.73 Å². The molecule has 2 aliphatic rings. The first-order valence-electron chi connectivity index (χ1n) is 7.91. The number of aromatic nitrogens is 1. The third kappa shape index (κ3) is 2.91. The summed E-state index contributed by atoms with van der Waals surface area (Å²) < 4.78 is 0. The standard InChI is InChI=1S/C16H22N4O2/c17-15(21)14-2-1-9-20(14)16(22)12-5-10-19(11-6-12)13-3-7-18-8-4-13/h3-4,7-8,12,14H,1-2,5-6,9-11H2,(H2,17,21). The summed E-state index contributed by atoms with van der Waals surface area (Å²) in [6.45, 7) is 2.38. The molecular weight excluding hydrogens is 280 g/mol. The normalized spacial score (nSPS) is 22.8. The van der Waals surface area contributed by atoms with Gasteiger partial charge in [0.05, 0.1) is 0 Å². The first-order valence-corrected chi connectivity index (χ1v) is 7.91. The number of carbonyl (C=O) groups is 2. The molecule has 3 rings (SSSR count). The van der Waals surface area contributed by atoms with E-state index in [2.05, 4.69) is 9.88 Å². The van der Waals surface area contributed by atoms with E-state index in [1.807, 2.05) is 12.1 Å². The fourth-order valence-corrected chi connectivity index (χ4v) is 3.50. The zero-order valence-electron chi connectivity index (χ0n) is 12.6. The highest BCUT2D eigenvalue weighted by molar-refractivity contribution is 5.88. The maximum Gasteiger partial charge on any atom is 0.240 e. The molecule has 2 aliphatic heterocycles. The monoisotopic (exact) mass is 302 g/mol. The molecule has 2 N–H and O–H groups in total. The van der Waals surface area contributed by atoms with Crippen LogP contribution in [0.1, 0.15) is 25.7 Å². The number of piperidine rings is 1. The number of hydrogen-bond acceptors (Lipinski definition) is 4. The number of pyridine rings is 1. The van der Waals surface area contributed by atoms with Crippen molar-refractivity contribution < 1.29 is 9.59 Å². The highest BCUT2D eigenvalue weighted by Crippen LogP contribution is 2.27. The summed E-state index contributed by atoms with van der Waals surface area (Å²) in [6, 6.07) is 3.59. The smallest absolute Gasteiger partial charge is 0.240 e. The molecule has 0 radical (unpaired) electrons. The number of nitrogens with two attached hydrogens (primary N) is 1. The molecule has 1 aromatic rings. The Balaban J connectivity index is 1.59. The maximum atomic E-state index is 12.6. The number of hydrogen-bond donors (Lipinski definition) is 1. The fraction of sp³-hybridized carbons (Fsp3) is 0.562.